The Balaban J connectivity index is 1.62. The predicted molar refractivity (Wildman–Crippen MR) is 101 cm³/mol. The van der Waals surface area contributed by atoms with Crippen LogP contribution in [0, 0.1) is 6.92 Å². The van der Waals surface area contributed by atoms with E-state index in [9.17, 15) is 18.0 Å². The molecule has 28 heavy (non-hydrogen) atoms. The molecule has 0 saturated carbocycles. The first kappa shape index (κ1) is 19.4. The van der Waals surface area contributed by atoms with Crippen molar-refractivity contribution in [3.63, 3.8) is 0 Å². The van der Waals surface area contributed by atoms with E-state index < -0.39 is 11.7 Å². The molecule has 2 aromatic carbocycles. The van der Waals surface area contributed by atoms with E-state index >= 15 is 0 Å². The van der Waals surface area contributed by atoms with Crippen LogP contribution in [0.1, 0.15) is 27.2 Å². The van der Waals surface area contributed by atoms with Gasteiger partial charge in [0.1, 0.15) is 5.69 Å². The molecule has 0 aliphatic heterocycles. The molecule has 0 fully saturated rings. The van der Waals surface area contributed by atoms with Crippen LogP contribution in [0.25, 0.3) is 0 Å². The maximum atomic E-state index is 12.8. The highest BCUT2D eigenvalue weighted by Crippen LogP contribution is 2.31. The monoisotopic (exact) mass is 385 g/mol. The third-order valence-corrected chi connectivity index (χ3v) is 4.01. The van der Waals surface area contributed by atoms with Gasteiger partial charge in [-0.3, -0.25) is 4.79 Å². The van der Waals surface area contributed by atoms with E-state index in [1.165, 1.54) is 24.4 Å². The molecule has 0 spiro atoms. The number of rotatable bonds is 5. The van der Waals surface area contributed by atoms with E-state index in [2.05, 4.69) is 15.6 Å². The zero-order chi connectivity index (χ0) is 20.1. The average Bonchev–Trinajstić information content (AvgIpc) is 2.66. The van der Waals surface area contributed by atoms with Gasteiger partial charge in [0.05, 0.1) is 17.4 Å². The normalized spacial score (nSPS) is 11.1. The molecule has 0 atom stereocenters. The summed E-state index contributed by atoms with van der Waals surface area (Å²) >= 11 is 0. The van der Waals surface area contributed by atoms with Crippen LogP contribution in [-0.4, -0.2) is 10.9 Å². The molecule has 1 aromatic heterocycles. The quantitative estimate of drug-likeness (QED) is 0.644. The summed E-state index contributed by atoms with van der Waals surface area (Å²) in [4.78, 5) is 16.3. The van der Waals surface area contributed by atoms with Crippen LogP contribution in [0.3, 0.4) is 0 Å². The third kappa shape index (κ3) is 5.09. The Morgan fingerprint density at radius 1 is 1.00 bits per heavy atom. The fourth-order valence-electron chi connectivity index (χ4n) is 2.64. The first-order valence-corrected chi connectivity index (χ1v) is 8.55. The number of carbonyl (C=O) groups is 1. The SMILES string of the molecule is Cc1cccc(CNC(=O)c2ccc(Nc3cccc(C(F)(F)F)c3)cn2)c1. The maximum absolute atomic E-state index is 12.8. The molecule has 0 unspecified atom stereocenters. The third-order valence-electron chi connectivity index (χ3n) is 4.01. The van der Waals surface area contributed by atoms with Gasteiger partial charge in [-0.25, -0.2) is 4.98 Å². The highest BCUT2D eigenvalue weighted by atomic mass is 19.4. The molecule has 1 heterocycles. The summed E-state index contributed by atoms with van der Waals surface area (Å²) in [5, 5.41) is 5.64. The molecule has 7 heteroatoms. The number of nitrogens with one attached hydrogen (secondary N) is 2. The lowest BCUT2D eigenvalue weighted by molar-refractivity contribution is -0.137. The largest absolute Gasteiger partial charge is 0.416 e. The van der Waals surface area contributed by atoms with Crippen molar-refractivity contribution >= 4 is 17.3 Å². The zero-order valence-corrected chi connectivity index (χ0v) is 15.0. The van der Waals surface area contributed by atoms with E-state index in [0.29, 0.717) is 12.2 Å². The fraction of sp³-hybridized carbons (Fsp3) is 0.143. The highest BCUT2D eigenvalue weighted by molar-refractivity contribution is 5.92. The van der Waals surface area contributed by atoms with Crippen LogP contribution >= 0.6 is 0 Å². The standard InChI is InChI=1S/C21H18F3N3O/c1-14-4-2-5-15(10-14)12-26-20(28)19-9-8-18(13-25-19)27-17-7-3-6-16(11-17)21(22,23)24/h2-11,13,27H,12H2,1H3,(H,26,28). The van der Waals surface area contributed by atoms with E-state index in [1.807, 2.05) is 31.2 Å². The molecule has 4 nitrogen and oxygen atoms in total. The summed E-state index contributed by atoms with van der Waals surface area (Å²) in [7, 11) is 0. The number of aryl methyl sites for hydroxylation is 1. The molecule has 3 rings (SSSR count). The van der Waals surface area contributed by atoms with Gasteiger partial charge in [-0.2, -0.15) is 13.2 Å². The lowest BCUT2D eigenvalue weighted by Crippen LogP contribution is -2.23. The van der Waals surface area contributed by atoms with Gasteiger partial charge in [0.15, 0.2) is 0 Å². The Bertz CT molecular complexity index is 969. The summed E-state index contributed by atoms with van der Waals surface area (Å²) in [6, 6.07) is 15.8. The van der Waals surface area contributed by atoms with E-state index in [-0.39, 0.29) is 17.3 Å². The lowest BCUT2D eigenvalue weighted by atomic mass is 10.1. The minimum absolute atomic E-state index is 0.224. The zero-order valence-electron chi connectivity index (χ0n) is 15.0. The first-order valence-electron chi connectivity index (χ1n) is 8.55. The number of benzene rings is 2. The highest BCUT2D eigenvalue weighted by Gasteiger charge is 2.30. The number of pyridine rings is 1. The Morgan fingerprint density at radius 2 is 1.79 bits per heavy atom. The minimum atomic E-state index is -4.41. The van der Waals surface area contributed by atoms with Crippen LogP contribution in [0.2, 0.25) is 0 Å². The molecule has 2 N–H and O–H groups in total. The van der Waals surface area contributed by atoms with Gasteiger partial charge >= 0.3 is 6.18 Å². The van der Waals surface area contributed by atoms with Crippen LogP contribution in [0.5, 0.6) is 0 Å². The molecule has 0 saturated heterocycles. The Hall–Kier alpha value is -3.35. The molecular weight excluding hydrogens is 367 g/mol. The maximum Gasteiger partial charge on any atom is 0.416 e. The Morgan fingerprint density at radius 3 is 2.46 bits per heavy atom. The first-order chi connectivity index (χ1) is 13.3. The number of amides is 1. The van der Waals surface area contributed by atoms with E-state index in [1.54, 1.807) is 6.07 Å². The number of alkyl halides is 3. The molecule has 0 radical (unpaired) electrons. The topological polar surface area (TPSA) is 54.0 Å². The van der Waals surface area contributed by atoms with Crippen LogP contribution in [-0.2, 0) is 12.7 Å². The number of nitrogens with zero attached hydrogens (tertiary/aromatic N) is 1. The molecule has 1 amide bonds. The van der Waals surface area contributed by atoms with Crippen molar-refractivity contribution in [2.75, 3.05) is 5.32 Å². The van der Waals surface area contributed by atoms with Crippen LogP contribution in [0.15, 0.2) is 66.9 Å². The average molecular weight is 385 g/mol. The molecule has 0 bridgehead atoms. The molecule has 3 aromatic rings. The van der Waals surface area contributed by atoms with Crippen LogP contribution in [0.4, 0.5) is 24.5 Å². The number of halogens is 3. The summed E-state index contributed by atoms with van der Waals surface area (Å²) in [5.41, 5.74) is 2.34. The van der Waals surface area contributed by atoms with E-state index in [4.69, 9.17) is 0 Å². The number of anilines is 2. The van der Waals surface area contributed by atoms with Crippen molar-refractivity contribution in [2.45, 2.75) is 19.6 Å². The minimum Gasteiger partial charge on any atom is -0.354 e. The predicted octanol–water partition coefficient (Wildman–Crippen LogP) is 5.08. The smallest absolute Gasteiger partial charge is 0.354 e. The van der Waals surface area contributed by atoms with Gasteiger partial charge in [0.25, 0.3) is 5.91 Å². The molecule has 144 valence electrons. The molecular formula is C21H18F3N3O. The van der Waals surface area contributed by atoms with Crippen molar-refractivity contribution in [3.8, 4) is 0 Å². The molecule has 0 aliphatic rings. The van der Waals surface area contributed by atoms with Gasteiger partial charge in [-0.1, -0.05) is 35.9 Å². The Labute approximate surface area is 160 Å². The van der Waals surface area contributed by atoms with Gasteiger partial charge in [-0.15, -0.1) is 0 Å². The van der Waals surface area contributed by atoms with Gasteiger partial charge < -0.3 is 10.6 Å². The van der Waals surface area contributed by atoms with Crippen molar-refractivity contribution in [2.24, 2.45) is 0 Å². The number of hydrogen-bond donors (Lipinski definition) is 2. The second-order valence-corrected chi connectivity index (χ2v) is 6.31. The van der Waals surface area contributed by atoms with Crippen molar-refractivity contribution in [1.29, 1.82) is 0 Å². The summed E-state index contributed by atoms with van der Waals surface area (Å²) < 4.78 is 38.3. The second kappa shape index (κ2) is 8.12. The summed E-state index contributed by atoms with van der Waals surface area (Å²) in [5.74, 6) is -0.327. The lowest BCUT2D eigenvalue weighted by Gasteiger charge is -2.11. The van der Waals surface area contributed by atoms with Crippen molar-refractivity contribution < 1.29 is 18.0 Å². The van der Waals surface area contributed by atoms with Crippen LogP contribution < -0.4 is 10.6 Å². The Kier molecular flexibility index (Phi) is 5.63. The number of carbonyl (C=O) groups excluding carboxylic acids is 1. The van der Waals surface area contributed by atoms with Gasteiger partial charge in [-0.05, 0) is 42.8 Å². The van der Waals surface area contributed by atoms with Crippen molar-refractivity contribution in [1.82, 2.24) is 10.3 Å². The summed E-state index contributed by atoms with van der Waals surface area (Å²) in [6.07, 6.45) is -3.00. The number of aromatic nitrogens is 1. The number of hydrogen-bond acceptors (Lipinski definition) is 3. The summed E-state index contributed by atoms with van der Waals surface area (Å²) in [6.45, 7) is 2.36. The van der Waals surface area contributed by atoms with Gasteiger partial charge in [0.2, 0.25) is 0 Å². The molecule has 0 aliphatic carbocycles. The van der Waals surface area contributed by atoms with E-state index in [0.717, 1.165) is 23.3 Å². The van der Waals surface area contributed by atoms with Crippen molar-refractivity contribution in [3.05, 3.63) is 89.2 Å². The fourth-order valence-corrected chi connectivity index (χ4v) is 2.64. The second-order valence-electron chi connectivity index (χ2n) is 6.31. The van der Waals surface area contributed by atoms with Gasteiger partial charge in [0, 0.05) is 12.2 Å².